The molecule has 1 aromatic heterocycles. The Labute approximate surface area is 231 Å². The number of aliphatic hydroxyl groups excluding tert-OH is 2. The fraction of sp³-hybridized carbons (Fsp3) is 0.700. The van der Waals surface area contributed by atoms with Gasteiger partial charge in [0.25, 0.3) is 0 Å². The van der Waals surface area contributed by atoms with Crippen molar-refractivity contribution in [2.45, 2.75) is 116 Å². The summed E-state index contributed by atoms with van der Waals surface area (Å²) >= 11 is 1.58. The second-order valence-corrected chi connectivity index (χ2v) is 13.2. The van der Waals surface area contributed by atoms with Crippen molar-refractivity contribution in [3.05, 3.63) is 34.3 Å². The van der Waals surface area contributed by atoms with E-state index >= 15 is 0 Å². The monoisotopic (exact) mass is 546 g/mol. The smallest absolute Gasteiger partial charge is 0.223 e. The van der Waals surface area contributed by atoms with Gasteiger partial charge in [-0.15, -0.1) is 17.9 Å². The molecule has 212 valence electrons. The Morgan fingerprint density at radius 2 is 2.03 bits per heavy atom. The van der Waals surface area contributed by atoms with Crippen molar-refractivity contribution in [2.24, 2.45) is 17.3 Å². The highest BCUT2D eigenvalue weighted by Gasteiger charge is 2.52. The SMILES string of the molecule is C=CCCC1C(=O)C(C)(C)[C@@H](O)CC(=O)N[C@H](C(C)=Cc2csc(C)n2)C[C@H]2OC2(C)CCC[C@H](C)[C@H]1O. The van der Waals surface area contributed by atoms with Crippen LogP contribution in [0.15, 0.2) is 23.6 Å². The van der Waals surface area contributed by atoms with E-state index in [4.69, 9.17) is 4.74 Å². The maximum atomic E-state index is 13.7. The molecule has 38 heavy (non-hydrogen) atoms. The van der Waals surface area contributed by atoms with Crippen LogP contribution in [0.1, 0.15) is 90.3 Å². The summed E-state index contributed by atoms with van der Waals surface area (Å²) in [6.45, 7) is 15.1. The summed E-state index contributed by atoms with van der Waals surface area (Å²) in [5.41, 5.74) is 0.351. The molecule has 2 fully saturated rings. The number of aliphatic hydroxyl groups is 2. The predicted octanol–water partition coefficient (Wildman–Crippen LogP) is 5.00. The Morgan fingerprint density at radius 1 is 1.32 bits per heavy atom. The first-order valence-electron chi connectivity index (χ1n) is 13.9. The van der Waals surface area contributed by atoms with Crippen LogP contribution < -0.4 is 5.32 Å². The van der Waals surface area contributed by atoms with Crippen LogP contribution in [0.4, 0.5) is 0 Å². The highest BCUT2D eigenvalue weighted by atomic mass is 32.1. The van der Waals surface area contributed by atoms with E-state index in [0.29, 0.717) is 19.3 Å². The van der Waals surface area contributed by atoms with Crippen molar-refractivity contribution in [3.63, 3.8) is 0 Å². The molecule has 1 aromatic rings. The molecule has 0 bridgehead atoms. The molecular weight excluding hydrogens is 500 g/mol. The quantitative estimate of drug-likeness (QED) is 0.354. The highest BCUT2D eigenvalue weighted by molar-refractivity contribution is 7.09. The van der Waals surface area contributed by atoms with Crippen molar-refractivity contribution in [1.82, 2.24) is 10.3 Å². The van der Waals surface area contributed by atoms with Gasteiger partial charge in [0.15, 0.2) is 0 Å². The van der Waals surface area contributed by atoms with E-state index in [1.807, 2.05) is 32.2 Å². The molecule has 3 heterocycles. The number of rotatable bonds is 5. The van der Waals surface area contributed by atoms with Gasteiger partial charge in [-0.05, 0) is 64.0 Å². The number of Topliss-reactive ketones (excluding diaryl/α,β-unsaturated/α-hetero) is 1. The lowest BCUT2D eigenvalue weighted by Gasteiger charge is -2.36. The molecule has 2 aliphatic rings. The Balaban J connectivity index is 1.88. The number of carbonyl (C=O) groups is 2. The summed E-state index contributed by atoms with van der Waals surface area (Å²) in [4.78, 5) is 31.4. The summed E-state index contributed by atoms with van der Waals surface area (Å²) in [5, 5.41) is 28.4. The molecule has 8 heteroatoms. The summed E-state index contributed by atoms with van der Waals surface area (Å²) in [6, 6.07) is -0.281. The van der Waals surface area contributed by atoms with Crippen LogP contribution in [0.25, 0.3) is 6.08 Å². The lowest BCUT2D eigenvalue weighted by atomic mass is 9.71. The minimum atomic E-state index is -1.20. The molecule has 0 aromatic carbocycles. The number of carbonyl (C=O) groups excluding carboxylic acids is 2. The molecule has 3 rings (SSSR count). The molecular formula is C30H46N2O5S. The number of hydrogen-bond donors (Lipinski definition) is 3. The molecule has 2 saturated heterocycles. The highest BCUT2D eigenvalue weighted by Crippen LogP contribution is 2.44. The first-order chi connectivity index (χ1) is 17.8. The second kappa shape index (κ2) is 12.5. The molecule has 0 spiro atoms. The van der Waals surface area contributed by atoms with Crippen molar-refractivity contribution >= 4 is 29.1 Å². The number of ether oxygens (including phenoxy) is 1. The maximum absolute atomic E-state index is 13.7. The molecule has 0 saturated carbocycles. The van der Waals surface area contributed by atoms with Crippen molar-refractivity contribution in [2.75, 3.05) is 0 Å². The largest absolute Gasteiger partial charge is 0.392 e. The first-order valence-corrected chi connectivity index (χ1v) is 14.7. The number of nitrogens with zero attached hydrogens (tertiary/aromatic N) is 1. The summed E-state index contributed by atoms with van der Waals surface area (Å²) in [5.74, 6) is -1.26. The molecule has 0 radical (unpaired) electrons. The zero-order chi connectivity index (χ0) is 28.3. The minimum absolute atomic E-state index is 0.00439. The van der Waals surface area contributed by atoms with E-state index in [9.17, 15) is 19.8 Å². The van der Waals surface area contributed by atoms with E-state index in [0.717, 1.165) is 35.5 Å². The van der Waals surface area contributed by atoms with Gasteiger partial charge < -0.3 is 20.3 Å². The van der Waals surface area contributed by atoms with Crippen LogP contribution in [-0.2, 0) is 14.3 Å². The molecule has 0 aliphatic carbocycles. The fourth-order valence-corrected chi connectivity index (χ4v) is 6.15. The van der Waals surface area contributed by atoms with Gasteiger partial charge in [-0.1, -0.05) is 33.3 Å². The number of hydrogen-bond acceptors (Lipinski definition) is 7. The number of amides is 1. The van der Waals surface area contributed by atoms with Gasteiger partial charge in [-0.2, -0.15) is 0 Å². The molecule has 7 atom stereocenters. The molecule has 1 amide bonds. The summed E-state index contributed by atoms with van der Waals surface area (Å²) in [6.07, 6.45) is 5.67. The van der Waals surface area contributed by atoms with Gasteiger partial charge in [-0.25, -0.2) is 4.98 Å². The number of aromatic nitrogens is 1. The Kier molecular flexibility index (Phi) is 10.1. The maximum Gasteiger partial charge on any atom is 0.223 e. The van der Waals surface area contributed by atoms with Gasteiger partial charge in [0, 0.05) is 17.7 Å². The number of ketones is 1. The Hall–Kier alpha value is -1.87. The van der Waals surface area contributed by atoms with Crippen LogP contribution in [0.3, 0.4) is 0 Å². The summed E-state index contributed by atoms with van der Waals surface area (Å²) < 4.78 is 6.14. The van der Waals surface area contributed by atoms with E-state index in [2.05, 4.69) is 23.8 Å². The first kappa shape index (κ1) is 30.7. The van der Waals surface area contributed by atoms with Crippen LogP contribution in [0, 0.1) is 24.2 Å². The predicted molar refractivity (Wildman–Crippen MR) is 152 cm³/mol. The molecule has 7 nitrogen and oxygen atoms in total. The number of fused-ring (bicyclic) bond motifs is 1. The fourth-order valence-electron chi connectivity index (χ4n) is 5.58. The van der Waals surface area contributed by atoms with Gasteiger partial charge >= 0.3 is 0 Å². The third-order valence-corrected chi connectivity index (χ3v) is 9.37. The lowest BCUT2D eigenvalue weighted by Crippen LogP contribution is -2.48. The zero-order valence-electron chi connectivity index (χ0n) is 23.8. The van der Waals surface area contributed by atoms with E-state index in [1.54, 1.807) is 31.3 Å². The topological polar surface area (TPSA) is 112 Å². The van der Waals surface area contributed by atoms with E-state index < -0.39 is 23.5 Å². The number of allylic oxidation sites excluding steroid dienone is 1. The molecule has 3 N–H and O–H groups in total. The number of thiazole rings is 1. The van der Waals surface area contributed by atoms with Crippen molar-refractivity contribution < 1.29 is 24.5 Å². The summed E-state index contributed by atoms with van der Waals surface area (Å²) in [7, 11) is 0. The van der Waals surface area contributed by atoms with Gasteiger partial charge in [0.05, 0.1) is 52.5 Å². The second-order valence-electron chi connectivity index (χ2n) is 12.1. The van der Waals surface area contributed by atoms with E-state index in [-0.39, 0.29) is 41.8 Å². The van der Waals surface area contributed by atoms with Gasteiger partial charge in [0.1, 0.15) is 5.78 Å². The third kappa shape index (κ3) is 7.40. The van der Waals surface area contributed by atoms with Crippen LogP contribution in [0.5, 0.6) is 0 Å². The zero-order valence-corrected chi connectivity index (χ0v) is 24.6. The minimum Gasteiger partial charge on any atom is -0.392 e. The Bertz CT molecular complexity index is 1030. The van der Waals surface area contributed by atoms with Gasteiger partial charge in [0.2, 0.25) is 5.91 Å². The van der Waals surface area contributed by atoms with Crippen LogP contribution >= 0.6 is 11.3 Å². The van der Waals surface area contributed by atoms with Crippen molar-refractivity contribution in [3.8, 4) is 0 Å². The Morgan fingerprint density at radius 3 is 2.66 bits per heavy atom. The van der Waals surface area contributed by atoms with E-state index in [1.165, 1.54) is 0 Å². The van der Waals surface area contributed by atoms with Crippen LogP contribution in [-0.4, -0.2) is 56.8 Å². The number of epoxide rings is 1. The normalized spacial score (nSPS) is 35.3. The average molecular weight is 547 g/mol. The average Bonchev–Trinajstić information content (AvgIpc) is 3.29. The number of aryl methyl sites for hydroxylation is 1. The lowest BCUT2D eigenvalue weighted by molar-refractivity contribution is -0.144. The van der Waals surface area contributed by atoms with Crippen molar-refractivity contribution in [1.29, 1.82) is 0 Å². The standard InChI is InChI=1S/C30H46N2O5S/c1-8-9-12-22-27(35)18(2)11-10-13-30(7)25(37-30)15-23(19(3)14-21-17-38-20(4)31-21)32-26(34)16-24(33)29(5,6)28(22)36/h8,14,17-18,22-25,27,33,35H,1,9-13,15-16H2,2-7H3,(H,32,34)/t18-,22?,23-,24-,25+,27+,30?/m0/s1. The third-order valence-electron chi connectivity index (χ3n) is 8.58. The number of nitrogens with one attached hydrogen (secondary N) is 1. The molecule has 2 aliphatic heterocycles. The van der Waals surface area contributed by atoms with Gasteiger partial charge in [-0.3, -0.25) is 9.59 Å². The van der Waals surface area contributed by atoms with Crippen LogP contribution in [0.2, 0.25) is 0 Å². The molecule has 2 unspecified atom stereocenters.